The van der Waals surface area contributed by atoms with Crippen LogP contribution >= 0.6 is 0 Å². The Morgan fingerprint density at radius 3 is 1.34 bits per heavy atom. The summed E-state index contributed by atoms with van der Waals surface area (Å²) in [5, 5.41) is 6.76. The van der Waals surface area contributed by atoms with Gasteiger partial charge in [-0.2, -0.15) is 0 Å². The molecule has 0 fully saturated rings. The molecular formula is C42H44O2. The van der Waals surface area contributed by atoms with Gasteiger partial charge in [0, 0.05) is 34.4 Å². The summed E-state index contributed by atoms with van der Waals surface area (Å²) in [4.78, 5) is 0. The molecule has 0 aliphatic heterocycles. The maximum atomic E-state index is 6.53. The van der Waals surface area contributed by atoms with Gasteiger partial charge in [-0.1, -0.05) is 138 Å². The number of furan rings is 2. The Bertz CT molecular complexity index is 1860. The average Bonchev–Trinajstić information content (AvgIpc) is 3.64. The van der Waals surface area contributed by atoms with E-state index in [2.05, 4.69) is 86.1 Å². The molecule has 0 aliphatic rings. The molecule has 0 spiro atoms. The van der Waals surface area contributed by atoms with Crippen molar-refractivity contribution in [3.63, 3.8) is 0 Å². The minimum atomic E-state index is 0.868. The number of unbranched alkanes of at least 4 members (excludes halogenated alkanes) is 12. The van der Waals surface area contributed by atoms with Gasteiger partial charge in [0.25, 0.3) is 0 Å². The van der Waals surface area contributed by atoms with Crippen LogP contribution in [-0.4, -0.2) is 0 Å². The quantitative estimate of drug-likeness (QED) is 0.106. The lowest BCUT2D eigenvalue weighted by molar-refractivity contribution is 0.614. The molecule has 2 heteroatoms. The average molecular weight is 581 g/mol. The van der Waals surface area contributed by atoms with Gasteiger partial charge in [-0.05, 0) is 47.9 Å². The lowest BCUT2D eigenvalue weighted by atomic mass is 9.94. The number of fused-ring (bicyclic) bond motifs is 9. The lowest BCUT2D eigenvalue weighted by Crippen LogP contribution is -1.86. The monoisotopic (exact) mass is 580 g/mol. The maximum absolute atomic E-state index is 6.53. The third kappa shape index (κ3) is 6.37. The van der Waals surface area contributed by atoms with E-state index in [0.29, 0.717) is 0 Å². The van der Waals surface area contributed by atoms with Crippen LogP contribution in [0.4, 0.5) is 0 Å². The zero-order valence-electron chi connectivity index (χ0n) is 26.5. The van der Waals surface area contributed by atoms with Gasteiger partial charge in [-0.3, -0.25) is 0 Å². The van der Waals surface area contributed by atoms with E-state index in [4.69, 9.17) is 8.83 Å². The Kier molecular flexibility index (Phi) is 9.90. The summed E-state index contributed by atoms with van der Waals surface area (Å²) in [7, 11) is 0. The molecule has 2 nitrogen and oxygen atoms in total. The minimum absolute atomic E-state index is 0.868. The number of hydrogen-bond acceptors (Lipinski definition) is 2. The summed E-state index contributed by atoms with van der Waals surface area (Å²) in [5.74, 6) is 14.0. The zero-order valence-corrected chi connectivity index (χ0v) is 26.5. The first-order chi connectivity index (χ1) is 21.8. The lowest BCUT2D eigenvalue weighted by Gasteiger charge is -2.06. The molecule has 0 N–H and O–H groups in total. The summed E-state index contributed by atoms with van der Waals surface area (Å²) in [5.41, 5.74) is 5.41. The standard InChI is InChI=1S/C42H44O2/c1-3-5-7-9-11-13-15-17-23-31-29-35-36(39-33-25-19-21-27-37(33)43-41(31)39)30-32(24-18-16-14-12-10-8-6-4-2)42-40(35)34-26-20-22-28-38(34)44-42/h19-22,25-30H,3-16H2,1-2H3. The Balaban J connectivity index is 1.45. The van der Waals surface area contributed by atoms with Crippen LogP contribution in [-0.2, 0) is 0 Å². The summed E-state index contributed by atoms with van der Waals surface area (Å²) >= 11 is 0. The predicted octanol–water partition coefficient (Wildman–Crippen LogP) is 12.8. The van der Waals surface area contributed by atoms with E-state index < -0.39 is 0 Å². The highest BCUT2D eigenvalue weighted by Gasteiger charge is 2.20. The molecule has 0 saturated carbocycles. The second kappa shape index (κ2) is 14.6. The highest BCUT2D eigenvalue weighted by atomic mass is 16.3. The highest BCUT2D eigenvalue weighted by Crippen LogP contribution is 2.43. The fraction of sp³-hybridized carbons (Fsp3) is 0.381. The molecule has 0 unspecified atom stereocenters. The molecule has 6 aromatic rings. The molecule has 2 heterocycles. The Labute approximate surface area is 262 Å². The van der Waals surface area contributed by atoms with Gasteiger partial charge in [0.05, 0.1) is 11.1 Å². The second-order valence-electron chi connectivity index (χ2n) is 12.2. The molecule has 224 valence electrons. The van der Waals surface area contributed by atoms with Crippen LogP contribution < -0.4 is 0 Å². The second-order valence-corrected chi connectivity index (χ2v) is 12.2. The maximum Gasteiger partial charge on any atom is 0.151 e. The van der Waals surface area contributed by atoms with Crippen molar-refractivity contribution >= 4 is 54.6 Å². The Morgan fingerprint density at radius 2 is 0.886 bits per heavy atom. The predicted molar refractivity (Wildman–Crippen MR) is 188 cm³/mol. The van der Waals surface area contributed by atoms with E-state index >= 15 is 0 Å². The van der Waals surface area contributed by atoms with E-state index in [1.165, 1.54) is 64.2 Å². The first-order valence-corrected chi connectivity index (χ1v) is 17.0. The van der Waals surface area contributed by atoms with Crippen molar-refractivity contribution in [3.8, 4) is 23.7 Å². The van der Waals surface area contributed by atoms with Crippen LogP contribution in [0.3, 0.4) is 0 Å². The number of benzene rings is 4. The van der Waals surface area contributed by atoms with Crippen LogP contribution in [0.1, 0.15) is 115 Å². The minimum Gasteiger partial charge on any atom is -0.455 e. The molecule has 4 aromatic carbocycles. The van der Waals surface area contributed by atoms with E-state index in [1.54, 1.807) is 0 Å². The van der Waals surface area contributed by atoms with Crippen LogP contribution in [0.25, 0.3) is 54.6 Å². The SMILES string of the molecule is CCCCCCCCC#Cc1cc2c(cc(C#CCCCCCCCC)c3oc4ccccc4c32)c2c1oc1ccccc12. The fourth-order valence-corrected chi connectivity index (χ4v) is 6.48. The molecular weight excluding hydrogens is 536 g/mol. The highest BCUT2D eigenvalue weighted by molar-refractivity contribution is 6.29. The summed E-state index contributed by atoms with van der Waals surface area (Å²) in [6.45, 7) is 4.53. The first kappa shape index (κ1) is 29.9. The van der Waals surface area contributed by atoms with Crippen molar-refractivity contribution in [2.45, 2.75) is 104 Å². The molecule has 6 rings (SSSR count). The summed E-state index contributed by atoms with van der Waals surface area (Å²) < 4.78 is 13.1. The van der Waals surface area contributed by atoms with Crippen LogP contribution in [0.2, 0.25) is 0 Å². The zero-order chi connectivity index (χ0) is 30.1. The van der Waals surface area contributed by atoms with E-state index in [1.807, 2.05) is 12.1 Å². The molecule has 0 saturated heterocycles. The third-order valence-electron chi connectivity index (χ3n) is 8.84. The van der Waals surface area contributed by atoms with Gasteiger partial charge in [-0.25, -0.2) is 0 Å². The molecule has 0 amide bonds. The fourth-order valence-electron chi connectivity index (χ4n) is 6.48. The number of rotatable bonds is 12. The molecule has 0 bridgehead atoms. The smallest absolute Gasteiger partial charge is 0.151 e. The van der Waals surface area contributed by atoms with Crippen molar-refractivity contribution in [2.24, 2.45) is 0 Å². The largest absolute Gasteiger partial charge is 0.455 e. The third-order valence-corrected chi connectivity index (χ3v) is 8.84. The normalized spacial score (nSPS) is 11.4. The van der Waals surface area contributed by atoms with Gasteiger partial charge in [0.1, 0.15) is 11.2 Å². The van der Waals surface area contributed by atoms with Crippen LogP contribution in [0.5, 0.6) is 0 Å². The van der Waals surface area contributed by atoms with Gasteiger partial charge >= 0.3 is 0 Å². The number of hydrogen-bond donors (Lipinski definition) is 0. The van der Waals surface area contributed by atoms with Crippen molar-refractivity contribution in [1.29, 1.82) is 0 Å². The van der Waals surface area contributed by atoms with E-state index in [9.17, 15) is 0 Å². The van der Waals surface area contributed by atoms with Crippen molar-refractivity contribution in [3.05, 3.63) is 71.8 Å². The van der Waals surface area contributed by atoms with Crippen molar-refractivity contribution < 1.29 is 8.83 Å². The van der Waals surface area contributed by atoms with Crippen LogP contribution in [0, 0.1) is 23.7 Å². The molecule has 44 heavy (non-hydrogen) atoms. The molecule has 2 aromatic heterocycles. The van der Waals surface area contributed by atoms with Crippen molar-refractivity contribution in [1.82, 2.24) is 0 Å². The molecule has 0 atom stereocenters. The summed E-state index contributed by atoms with van der Waals surface area (Å²) in [6.07, 6.45) is 17.1. The van der Waals surface area contributed by atoms with Gasteiger partial charge in [-0.15, -0.1) is 0 Å². The van der Waals surface area contributed by atoms with Gasteiger partial charge < -0.3 is 8.83 Å². The molecule has 0 radical (unpaired) electrons. The van der Waals surface area contributed by atoms with Crippen LogP contribution in [0.15, 0.2) is 69.5 Å². The van der Waals surface area contributed by atoms with Gasteiger partial charge in [0.15, 0.2) is 11.2 Å². The topological polar surface area (TPSA) is 26.3 Å². The van der Waals surface area contributed by atoms with Gasteiger partial charge in [0.2, 0.25) is 0 Å². The first-order valence-electron chi connectivity index (χ1n) is 17.0. The van der Waals surface area contributed by atoms with Crippen molar-refractivity contribution in [2.75, 3.05) is 0 Å². The summed E-state index contributed by atoms with van der Waals surface area (Å²) in [6, 6.07) is 21.2. The Morgan fingerprint density at radius 1 is 0.477 bits per heavy atom. The Hall–Kier alpha value is -4.14. The number of para-hydroxylation sites is 2. The van der Waals surface area contributed by atoms with E-state index in [0.717, 1.165) is 91.5 Å². The van der Waals surface area contributed by atoms with E-state index in [-0.39, 0.29) is 0 Å². The molecule has 0 aliphatic carbocycles.